The van der Waals surface area contributed by atoms with Crippen molar-refractivity contribution in [3.05, 3.63) is 54.8 Å². The van der Waals surface area contributed by atoms with E-state index in [2.05, 4.69) is 31.1 Å². The number of aromatic amines is 1. The smallest absolute Gasteiger partial charge is 0.297 e. The minimum Gasteiger partial charge on any atom is -0.493 e. The second-order valence-corrected chi connectivity index (χ2v) is 5.02. The quantitative estimate of drug-likeness (QED) is 0.498. The van der Waals surface area contributed by atoms with Gasteiger partial charge in [0.15, 0.2) is 5.69 Å². The molecule has 8 nitrogen and oxygen atoms in total. The van der Waals surface area contributed by atoms with E-state index in [0.29, 0.717) is 10.0 Å². The van der Waals surface area contributed by atoms with Crippen molar-refractivity contribution in [1.29, 1.82) is 0 Å². The molecular weight excluding hydrogens is 344 g/mol. The second-order valence-electron chi connectivity index (χ2n) is 4.10. The minimum atomic E-state index is -0.585. The summed E-state index contributed by atoms with van der Waals surface area (Å²) in [6, 6.07) is 5.54. The van der Waals surface area contributed by atoms with E-state index in [0.717, 1.165) is 0 Å². The van der Waals surface area contributed by atoms with Crippen LogP contribution in [0.15, 0.2) is 43.8 Å². The summed E-state index contributed by atoms with van der Waals surface area (Å²) in [4.78, 5) is 23.7. The summed E-state index contributed by atoms with van der Waals surface area (Å²) in [5.41, 5.74) is -0.215. The van der Waals surface area contributed by atoms with Gasteiger partial charge in [0.2, 0.25) is 5.88 Å². The van der Waals surface area contributed by atoms with Crippen molar-refractivity contribution in [2.75, 3.05) is 0 Å². The molecule has 0 aliphatic rings. The first kappa shape index (κ1) is 14.9. The maximum atomic E-state index is 11.1. The summed E-state index contributed by atoms with van der Waals surface area (Å²) in [6.45, 7) is 1.57. The number of aryl methyl sites for hydroxylation is 1. The van der Waals surface area contributed by atoms with Crippen molar-refractivity contribution in [2.45, 2.75) is 6.92 Å². The molecule has 2 aromatic rings. The summed E-state index contributed by atoms with van der Waals surface area (Å²) >= 11 is 3.14. The number of pyridine rings is 1. The molecular formula is C12H9BrN4O4. The number of halogens is 1. The van der Waals surface area contributed by atoms with Crippen LogP contribution in [0.25, 0.3) is 0 Å². The average molecular weight is 353 g/mol. The highest BCUT2D eigenvalue weighted by Gasteiger charge is 2.14. The Kier molecular flexibility index (Phi) is 4.13. The van der Waals surface area contributed by atoms with Gasteiger partial charge in [-0.05, 0) is 24.6 Å². The highest BCUT2D eigenvalue weighted by molar-refractivity contribution is 9.10. The largest absolute Gasteiger partial charge is 0.493 e. The van der Waals surface area contributed by atoms with Gasteiger partial charge in [0.1, 0.15) is 5.69 Å². The second kappa shape index (κ2) is 5.83. The Hall–Kier alpha value is -2.55. The Morgan fingerprint density at radius 3 is 2.67 bits per heavy atom. The molecule has 2 N–H and O–H groups in total. The lowest BCUT2D eigenvalue weighted by molar-refractivity contribution is -0.384. The van der Waals surface area contributed by atoms with Crippen LogP contribution in [0, 0.1) is 17.0 Å². The van der Waals surface area contributed by atoms with Crippen LogP contribution in [0.3, 0.4) is 0 Å². The molecule has 0 fully saturated rings. The zero-order valence-electron chi connectivity index (χ0n) is 10.7. The van der Waals surface area contributed by atoms with Crippen molar-refractivity contribution in [3.8, 4) is 5.88 Å². The van der Waals surface area contributed by atoms with Crippen molar-refractivity contribution < 1.29 is 10.0 Å². The highest BCUT2D eigenvalue weighted by Crippen LogP contribution is 2.33. The van der Waals surface area contributed by atoms with Gasteiger partial charge in [0.05, 0.1) is 4.92 Å². The first-order chi connectivity index (χ1) is 9.88. The number of H-pyrrole nitrogens is 1. The van der Waals surface area contributed by atoms with Gasteiger partial charge in [-0.25, -0.2) is 0 Å². The van der Waals surface area contributed by atoms with Gasteiger partial charge in [-0.15, -0.1) is 10.2 Å². The summed E-state index contributed by atoms with van der Waals surface area (Å²) in [5.74, 6) is -0.441. The number of rotatable bonds is 3. The Labute approximate surface area is 126 Å². The third kappa shape index (κ3) is 3.31. The van der Waals surface area contributed by atoms with Gasteiger partial charge >= 0.3 is 0 Å². The molecule has 2 rings (SSSR count). The van der Waals surface area contributed by atoms with Crippen molar-refractivity contribution in [1.82, 2.24) is 4.98 Å². The summed E-state index contributed by atoms with van der Waals surface area (Å²) in [5, 5.41) is 28.1. The standard InChI is InChI=1S/C12H9BrN4O4/c1-6-4-10(18)14-12(19)11(6)16-15-8-3-2-7(13)5-9(8)17(20)21/h2-5H,1H3,(H2,14,18,19). The SMILES string of the molecule is Cc1cc(=O)[nH]c(O)c1N=Nc1ccc(Br)cc1[N+](=O)[O-]. The summed E-state index contributed by atoms with van der Waals surface area (Å²) in [7, 11) is 0. The maximum Gasteiger partial charge on any atom is 0.297 e. The van der Waals surface area contributed by atoms with Crippen molar-refractivity contribution >= 4 is 33.0 Å². The third-order valence-corrected chi connectivity index (χ3v) is 3.07. The van der Waals surface area contributed by atoms with E-state index < -0.39 is 16.4 Å². The average Bonchev–Trinajstić information content (AvgIpc) is 2.38. The van der Waals surface area contributed by atoms with Gasteiger partial charge in [0, 0.05) is 16.6 Å². The van der Waals surface area contributed by atoms with Crippen LogP contribution in [0.2, 0.25) is 0 Å². The van der Waals surface area contributed by atoms with Crippen LogP contribution in [-0.2, 0) is 0 Å². The molecule has 0 bridgehead atoms. The fourth-order valence-corrected chi connectivity index (χ4v) is 1.97. The van der Waals surface area contributed by atoms with Gasteiger partial charge in [-0.2, -0.15) is 0 Å². The topological polar surface area (TPSA) is 121 Å². The molecule has 1 heterocycles. The van der Waals surface area contributed by atoms with E-state index in [1.807, 2.05) is 0 Å². The Morgan fingerprint density at radius 1 is 1.33 bits per heavy atom. The number of nitro groups is 1. The molecule has 1 aromatic carbocycles. The molecule has 0 atom stereocenters. The molecule has 0 aliphatic carbocycles. The number of aromatic nitrogens is 1. The van der Waals surface area contributed by atoms with Gasteiger partial charge in [-0.1, -0.05) is 15.9 Å². The fraction of sp³-hybridized carbons (Fsp3) is 0.0833. The monoisotopic (exact) mass is 352 g/mol. The van der Waals surface area contributed by atoms with E-state index in [-0.39, 0.29) is 17.1 Å². The van der Waals surface area contributed by atoms with Gasteiger partial charge in [-0.3, -0.25) is 19.9 Å². The number of nitrogens with one attached hydrogen (secondary N) is 1. The molecule has 0 amide bonds. The Balaban J connectivity index is 2.48. The molecule has 9 heteroatoms. The molecule has 21 heavy (non-hydrogen) atoms. The molecule has 0 spiro atoms. The number of nitrogens with zero attached hydrogens (tertiary/aromatic N) is 3. The Morgan fingerprint density at radius 2 is 2.05 bits per heavy atom. The molecule has 0 radical (unpaired) electrons. The van der Waals surface area contributed by atoms with Crippen LogP contribution in [-0.4, -0.2) is 15.0 Å². The number of hydrogen-bond donors (Lipinski definition) is 2. The molecule has 1 aromatic heterocycles. The van der Waals surface area contributed by atoms with E-state index >= 15 is 0 Å². The molecule has 0 aliphatic heterocycles. The predicted molar refractivity (Wildman–Crippen MR) is 78.4 cm³/mol. The number of aromatic hydroxyl groups is 1. The lowest BCUT2D eigenvalue weighted by Crippen LogP contribution is -2.03. The van der Waals surface area contributed by atoms with Crippen LogP contribution < -0.4 is 5.56 Å². The van der Waals surface area contributed by atoms with E-state index in [1.165, 1.54) is 18.2 Å². The first-order valence-electron chi connectivity index (χ1n) is 5.67. The van der Waals surface area contributed by atoms with E-state index in [4.69, 9.17) is 0 Å². The highest BCUT2D eigenvalue weighted by atomic mass is 79.9. The van der Waals surface area contributed by atoms with Crippen LogP contribution in [0.1, 0.15) is 5.56 Å². The minimum absolute atomic E-state index is 0.0354. The van der Waals surface area contributed by atoms with E-state index in [9.17, 15) is 20.0 Å². The predicted octanol–water partition coefficient (Wildman–Crippen LogP) is 3.48. The zero-order valence-corrected chi connectivity index (χ0v) is 12.3. The van der Waals surface area contributed by atoms with Crippen molar-refractivity contribution in [2.24, 2.45) is 10.2 Å². The number of nitro benzene ring substituents is 1. The molecule has 0 saturated carbocycles. The van der Waals surface area contributed by atoms with Crippen LogP contribution >= 0.6 is 15.9 Å². The molecule has 0 unspecified atom stereocenters. The molecule has 0 saturated heterocycles. The maximum absolute atomic E-state index is 11.1. The zero-order chi connectivity index (χ0) is 15.6. The molecule has 108 valence electrons. The first-order valence-corrected chi connectivity index (χ1v) is 6.46. The summed E-state index contributed by atoms with van der Waals surface area (Å²) in [6.07, 6.45) is 0. The van der Waals surface area contributed by atoms with Gasteiger partial charge in [0.25, 0.3) is 11.2 Å². The number of benzene rings is 1. The third-order valence-electron chi connectivity index (χ3n) is 2.58. The Bertz CT molecular complexity index is 774. The van der Waals surface area contributed by atoms with E-state index in [1.54, 1.807) is 13.0 Å². The number of hydrogen-bond acceptors (Lipinski definition) is 6. The normalized spacial score (nSPS) is 11.0. The lowest BCUT2D eigenvalue weighted by atomic mass is 10.2. The van der Waals surface area contributed by atoms with Gasteiger partial charge < -0.3 is 5.11 Å². The summed E-state index contributed by atoms with van der Waals surface area (Å²) < 4.78 is 0.538. The van der Waals surface area contributed by atoms with Crippen LogP contribution in [0.5, 0.6) is 5.88 Å². The van der Waals surface area contributed by atoms with Crippen LogP contribution in [0.4, 0.5) is 17.1 Å². The fourth-order valence-electron chi connectivity index (χ4n) is 1.62. The number of azo groups is 1. The van der Waals surface area contributed by atoms with Crippen molar-refractivity contribution in [3.63, 3.8) is 0 Å². The lowest BCUT2D eigenvalue weighted by Gasteiger charge is -2.01.